The number of nitrogens with zero attached hydrogens (tertiary/aromatic N) is 2. The normalized spacial score (nSPS) is 18.7. The molecule has 100 valence electrons. The molecule has 1 unspecified atom stereocenters. The summed E-state index contributed by atoms with van der Waals surface area (Å²) in [4.78, 5) is 34.2. The quantitative estimate of drug-likeness (QED) is 0.464. The summed E-state index contributed by atoms with van der Waals surface area (Å²) in [5.74, 6) is -1.95. The molecule has 0 radical (unpaired) electrons. The van der Waals surface area contributed by atoms with E-state index in [0.717, 1.165) is 23.1 Å². The van der Waals surface area contributed by atoms with Crippen molar-refractivity contribution in [1.29, 1.82) is 0 Å². The van der Waals surface area contributed by atoms with E-state index in [1.54, 1.807) is 0 Å². The smallest absolute Gasteiger partial charge is 0.278 e. The lowest BCUT2D eigenvalue weighted by atomic mass is 10.1. The molecule has 1 aliphatic rings. The zero-order valence-corrected chi connectivity index (χ0v) is 10.1. The van der Waals surface area contributed by atoms with Crippen molar-refractivity contribution < 1.29 is 18.9 Å². The van der Waals surface area contributed by atoms with Gasteiger partial charge in [-0.15, -0.1) is 0 Å². The highest BCUT2D eigenvalue weighted by molar-refractivity contribution is 6.05. The number of benzene rings is 1. The van der Waals surface area contributed by atoms with E-state index in [-0.39, 0.29) is 30.4 Å². The molecule has 2 amide bonds. The molecule has 6 nitrogen and oxygen atoms in total. The molecule has 1 heterocycles. The Bertz CT molecular complexity index is 573. The molecule has 2 rings (SSSR count). The number of carbonyl (C=O) groups excluding carboxylic acids is 2. The Morgan fingerprint density at radius 2 is 2.21 bits per heavy atom. The van der Waals surface area contributed by atoms with Crippen LogP contribution in [-0.4, -0.2) is 28.2 Å². The lowest BCUT2D eigenvalue weighted by molar-refractivity contribution is -0.387. The van der Waals surface area contributed by atoms with E-state index in [0.29, 0.717) is 0 Å². The summed E-state index contributed by atoms with van der Waals surface area (Å²) in [6.07, 6.45) is 0.279. The van der Waals surface area contributed by atoms with Gasteiger partial charge in [-0.2, -0.15) is 4.39 Å². The van der Waals surface area contributed by atoms with Crippen molar-refractivity contribution in [3.05, 3.63) is 39.7 Å². The third-order valence-electron chi connectivity index (χ3n) is 2.95. The highest BCUT2D eigenvalue weighted by Crippen LogP contribution is 2.22. The van der Waals surface area contributed by atoms with Crippen LogP contribution in [0.4, 0.5) is 10.1 Å². The first-order chi connectivity index (χ1) is 8.90. The fourth-order valence-corrected chi connectivity index (χ4v) is 2.03. The van der Waals surface area contributed by atoms with Crippen molar-refractivity contribution in [3.8, 4) is 0 Å². The number of rotatable bonds is 2. The molecule has 0 aromatic heterocycles. The molecule has 1 fully saturated rings. The summed E-state index contributed by atoms with van der Waals surface area (Å²) in [5, 5.41) is 10.5. The predicted octanol–water partition coefficient (Wildman–Crippen LogP) is 1.74. The number of hydrogen-bond donors (Lipinski definition) is 0. The Morgan fingerprint density at radius 3 is 2.68 bits per heavy atom. The van der Waals surface area contributed by atoms with Crippen LogP contribution < -0.4 is 0 Å². The summed E-state index contributed by atoms with van der Waals surface area (Å²) in [7, 11) is 0. The number of carbonyl (C=O) groups is 2. The van der Waals surface area contributed by atoms with Gasteiger partial charge in [0.15, 0.2) is 0 Å². The van der Waals surface area contributed by atoms with Gasteiger partial charge in [0.2, 0.25) is 11.7 Å². The summed E-state index contributed by atoms with van der Waals surface area (Å²) in [6.45, 7) is 2.12. The second-order valence-corrected chi connectivity index (χ2v) is 4.54. The number of imide groups is 1. The maximum absolute atomic E-state index is 13.4. The molecular weight excluding hydrogens is 255 g/mol. The van der Waals surface area contributed by atoms with Crippen LogP contribution in [0.1, 0.15) is 23.7 Å². The van der Waals surface area contributed by atoms with Crippen molar-refractivity contribution >= 4 is 17.5 Å². The first kappa shape index (κ1) is 13.1. The van der Waals surface area contributed by atoms with Crippen LogP contribution in [0.25, 0.3) is 0 Å². The first-order valence-corrected chi connectivity index (χ1v) is 5.68. The van der Waals surface area contributed by atoms with Gasteiger partial charge in [-0.3, -0.25) is 24.6 Å². The highest BCUT2D eigenvalue weighted by Gasteiger charge is 2.32. The summed E-state index contributed by atoms with van der Waals surface area (Å²) >= 11 is 0. The lowest BCUT2D eigenvalue weighted by Gasteiger charge is -2.13. The van der Waals surface area contributed by atoms with E-state index in [9.17, 15) is 24.1 Å². The average molecular weight is 266 g/mol. The van der Waals surface area contributed by atoms with Gasteiger partial charge in [-0.1, -0.05) is 6.92 Å². The minimum atomic E-state index is -1.09. The molecule has 19 heavy (non-hydrogen) atoms. The second kappa shape index (κ2) is 4.75. The van der Waals surface area contributed by atoms with Crippen LogP contribution in [0, 0.1) is 21.8 Å². The standard InChI is InChI=1S/C12H11FN2O4/c1-7-4-11(16)14(6-7)12(17)8-2-3-10(15(18)19)9(13)5-8/h2-3,5,7H,4,6H2,1H3. The van der Waals surface area contributed by atoms with Crippen LogP contribution in [0.5, 0.6) is 0 Å². The van der Waals surface area contributed by atoms with Gasteiger partial charge < -0.3 is 0 Å². The maximum Gasteiger partial charge on any atom is 0.304 e. The van der Waals surface area contributed by atoms with E-state index in [2.05, 4.69) is 0 Å². The minimum absolute atomic E-state index is 0.0643. The Labute approximate surface area is 108 Å². The lowest BCUT2D eigenvalue weighted by Crippen LogP contribution is -2.32. The van der Waals surface area contributed by atoms with Gasteiger partial charge in [-0.25, -0.2) is 0 Å². The van der Waals surface area contributed by atoms with Crippen molar-refractivity contribution in [2.75, 3.05) is 6.54 Å². The third-order valence-corrected chi connectivity index (χ3v) is 2.95. The molecule has 1 saturated heterocycles. The Balaban J connectivity index is 2.28. The van der Waals surface area contributed by atoms with Crippen LogP contribution in [0.2, 0.25) is 0 Å². The Kier molecular flexibility index (Phi) is 3.28. The number of hydrogen-bond acceptors (Lipinski definition) is 4. The summed E-state index contributed by atoms with van der Waals surface area (Å²) in [5.41, 5.74) is -0.761. The largest absolute Gasteiger partial charge is 0.304 e. The summed E-state index contributed by atoms with van der Waals surface area (Å²) < 4.78 is 13.4. The Morgan fingerprint density at radius 1 is 1.53 bits per heavy atom. The third kappa shape index (κ3) is 2.44. The van der Waals surface area contributed by atoms with Crippen LogP contribution in [0.3, 0.4) is 0 Å². The molecule has 0 N–H and O–H groups in total. The van der Waals surface area contributed by atoms with E-state index >= 15 is 0 Å². The highest BCUT2D eigenvalue weighted by atomic mass is 19.1. The molecule has 0 saturated carbocycles. The monoisotopic (exact) mass is 266 g/mol. The minimum Gasteiger partial charge on any atom is -0.278 e. The number of halogens is 1. The predicted molar refractivity (Wildman–Crippen MR) is 62.9 cm³/mol. The molecular formula is C12H11FN2O4. The molecule has 0 bridgehead atoms. The molecule has 1 aliphatic heterocycles. The van der Waals surface area contributed by atoms with Crippen LogP contribution in [0.15, 0.2) is 18.2 Å². The molecule has 7 heteroatoms. The summed E-state index contributed by atoms with van der Waals surface area (Å²) in [6, 6.07) is 2.86. The fraction of sp³-hybridized carbons (Fsp3) is 0.333. The van der Waals surface area contributed by atoms with Crippen LogP contribution in [-0.2, 0) is 4.79 Å². The van der Waals surface area contributed by atoms with Gasteiger partial charge in [0.25, 0.3) is 5.91 Å². The van der Waals surface area contributed by atoms with Gasteiger partial charge in [0, 0.05) is 24.6 Å². The van der Waals surface area contributed by atoms with E-state index in [1.165, 1.54) is 0 Å². The van der Waals surface area contributed by atoms with E-state index in [1.807, 2.05) is 6.92 Å². The van der Waals surface area contributed by atoms with Gasteiger partial charge in [0.05, 0.1) is 4.92 Å². The van der Waals surface area contributed by atoms with Crippen molar-refractivity contribution in [2.45, 2.75) is 13.3 Å². The zero-order chi connectivity index (χ0) is 14.2. The van der Waals surface area contributed by atoms with Crippen LogP contribution >= 0.6 is 0 Å². The number of nitro groups is 1. The van der Waals surface area contributed by atoms with Gasteiger partial charge >= 0.3 is 5.69 Å². The molecule has 1 aromatic rings. The van der Waals surface area contributed by atoms with E-state index < -0.39 is 22.3 Å². The zero-order valence-electron chi connectivity index (χ0n) is 10.1. The van der Waals surface area contributed by atoms with E-state index in [4.69, 9.17) is 0 Å². The number of nitro benzene ring substituents is 1. The van der Waals surface area contributed by atoms with Crippen molar-refractivity contribution in [2.24, 2.45) is 5.92 Å². The number of amides is 2. The maximum atomic E-state index is 13.4. The van der Waals surface area contributed by atoms with Gasteiger partial charge in [-0.05, 0) is 18.1 Å². The molecule has 0 aliphatic carbocycles. The number of likely N-dealkylation sites (tertiary alicyclic amines) is 1. The van der Waals surface area contributed by atoms with Crippen molar-refractivity contribution in [3.63, 3.8) is 0 Å². The van der Waals surface area contributed by atoms with Crippen molar-refractivity contribution in [1.82, 2.24) is 4.90 Å². The molecule has 1 aromatic carbocycles. The second-order valence-electron chi connectivity index (χ2n) is 4.54. The first-order valence-electron chi connectivity index (χ1n) is 5.68. The average Bonchev–Trinajstić information content (AvgIpc) is 2.67. The molecule has 0 spiro atoms. The topological polar surface area (TPSA) is 80.5 Å². The van der Waals surface area contributed by atoms with Gasteiger partial charge in [0.1, 0.15) is 0 Å². The Hall–Kier alpha value is -2.31. The fourth-order valence-electron chi connectivity index (χ4n) is 2.03. The molecule has 1 atom stereocenters. The SMILES string of the molecule is CC1CC(=O)N(C(=O)c2ccc([N+](=O)[O-])c(F)c2)C1.